The molecule has 2 atom stereocenters. The molecule has 0 spiro atoms. The molecule has 1 heterocycles. The van der Waals surface area contributed by atoms with E-state index in [1.807, 2.05) is 36.4 Å². The topological polar surface area (TPSA) is 97.0 Å². The fourth-order valence-corrected chi connectivity index (χ4v) is 4.08. The third-order valence-electron chi connectivity index (χ3n) is 5.28. The van der Waals surface area contributed by atoms with Crippen LogP contribution >= 0.6 is 11.6 Å². The molecule has 1 saturated heterocycles. The Balaban J connectivity index is 1.53. The molecular weight excluding hydrogens is 470 g/mol. The van der Waals surface area contributed by atoms with E-state index in [0.717, 1.165) is 0 Å². The third kappa shape index (κ3) is 5.38. The maximum Gasteiger partial charge on any atom is 0.273 e. The Morgan fingerprint density at radius 2 is 1.74 bits per heavy atom. The molecule has 0 aliphatic carbocycles. The average molecular weight is 494 g/mol. The first-order valence-electron chi connectivity index (χ1n) is 11.0. The van der Waals surface area contributed by atoms with Crippen LogP contribution in [0.15, 0.2) is 72.8 Å². The van der Waals surface area contributed by atoms with E-state index in [2.05, 4.69) is 10.7 Å². The third-order valence-corrected chi connectivity index (χ3v) is 5.70. The molecule has 8 nitrogen and oxygen atoms in total. The van der Waals surface area contributed by atoms with Crippen LogP contribution in [0.3, 0.4) is 0 Å². The largest absolute Gasteiger partial charge is 0.493 e. The predicted octanol–water partition coefficient (Wildman–Crippen LogP) is 4.67. The number of halogens is 1. The van der Waals surface area contributed by atoms with Crippen molar-refractivity contribution in [3.05, 3.63) is 83.9 Å². The van der Waals surface area contributed by atoms with Gasteiger partial charge in [0.2, 0.25) is 5.91 Å². The Kier molecular flexibility index (Phi) is 7.22. The van der Waals surface area contributed by atoms with Gasteiger partial charge >= 0.3 is 0 Å². The first-order chi connectivity index (χ1) is 16.9. The van der Waals surface area contributed by atoms with E-state index >= 15 is 0 Å². The second-order valence-corrected chi connectivity index (χ2v) is 8.28. The van der Waals surface area contributed by atoms with E-state index in [0.29, 0.717) is 29.4 Å². The van der Waals surface area contributed by atoms with Gasteiger partial charge in [-0.2, -0.15) is 0 Å². The minimum absolute atomic E-state index is 0.215. The number of para-hydroxylation sites is 1. The minimum atomic E-state index is -0.837. The van der Waals surface area contributed by atoms with Gasteiger partial charge in [-0.15, -0.1) is 11.6 Å². The fourth-order valence-electron chi connectivity index (χ4n) is 3.72. The van der Waals surface area contributed by atoms with Crippen LogP contribution in [0.2, 0.25) is 0 Å². The number of carbonyl (C=O) groups is 3. The van der Waals surface area contributed by atoms with Crippen molar-refractivity contribution in [1.82, 2.24) is 10.4 Å². The lowest BCUT2D eigenvalue weighted by Gasteiger charge is -2.44. The van der Waals surface area contributed by atoms with Crippen LogP contribution in [0.5, 0.6) is 17.2 Å². The lowest BCUT2D eigenvalue weighted by Crippen LogP contribution is -2.63. The number of hydrazine groups is 1. The number of nitrogens with one attached hydrogen (secondary N) is 2. The van der Waals surface area contributed by atoms with Crippen molar-refractivity contribution < 1.29 is 23.9 Å². The summed E-state index contributed by atoms with van der Waals surface area (Å²) in [6.07, 6.45) is 0. The maximum atomic E-state index is 13.1. The minimum Gasteiger partial charge on any atom is -0.493 e. The van der Waals surface area contributed by atoms with E-state index in [1.54, 1.807) is 37.3 Å². The highest BCUT2D eigenvalue weighted by Crippen LogP contribution is 2.39. The monoisotopic (exact) mass is 493 g/mol. The summed E-state index contributed by atoms with van der Waals surface area (Å²) in [5.41, 5.74) is 4.06. The molecule has 0 bridgehead atoms. The van der Waals surface area contributed by atoms with E-state index in [9.17, 15) is 14.4 Å². The number of ether oxygens (including phenoxy) is 2. The quantitative estimate of drug-likeness (QED) is 0.351. The lowest BCUT2D eigenvalue weighted by molar-refractivity contribution is -0.149. The Morgan fingerprint density at radius 1 is 1.00 bits per heavy atom. The van der Waals surface area contributed by atoms with Crippen LogP contribution in [-0.4, -0.2) is 34.7 Å². The van der Waals surface area contributed by atoms with Crippen molar-refractivity contribution in [2.45, 2.75) is 25.3 Å². The first kappa shape index (κ1) is 24.1. The van der Waals surface area contributed by atoms with Gasteiger partial charge in [-0.05, 0) is 48.9 Å². The molecule has 0 radical (unpaired) electrons. The zero-order valence-corrected chi connectivity index (χ0v) is 19.9. The number of β-lactam (4-membered cyclic amide) rings is 1. The van der Waals surface area contributed by atoms with Crippen LogP contribution in [0.4, 0.5) is 5.69 Å². The summed E-state index contributed by atoms with van der Waals surface area (Å²) in [7, 11) is 0. The van der Waals surface area contributed by atoms with Gasteiger partial charge < -0.3 is 14.8 Å². The summed E-state index contributed by atoms with van der Waals surface area (Å²) in [6.45, 7) is 3.48. The molecule has 0 saturated carbocycles. The van der Waals surface area contributed by atoms with Gasteiger partial charge in [-0.1, -0.05) is 30.3 Å². The molecule has 35 heavy (non-hydrogen) atoms. The number of anilines is 1. The highest BCUT2D eigenvalue weighted by Gasteiger charge is 2.48. The standard InChI is InChI=1S/C26H24ClN3O5/c1-3-34-22-15-18(28-16(2)31)12-13-21(22)25(32)29-30-24(23(27)26(30)33)17-8-7-11-20(14-17)35-19-9-5-4-6-10-19/h4-15,23-24H,3H2,1-2H3,(H,28,31)(H,29,32). The van der Waals surface area contributed by atoms with Gasteiger partial charge in [0.15, 0.2) is 0 Å². The molecule has 1 aliphatic rings. The Hall–Kier alpha value is -4.04. The van der Waals surface area contributed by atoms with E-state index in [4.69, 9.17) is 21.1 Å². The first-order valence-corrected chi connectivity index (χ1v) is 11.5. The van der Waals surface area contributed by atoms with Crippen LogP contribution in [0.1, 0.15) is 35.8 Å². The highest BCUT2D eigenvalue weighted by molar-refractivity contribution is 6.33. The van der Waals surface area contributed by atoms with Crippen molar-refractivity contribution in [2.75, 3.05) is 11.9 Å². The summed E-state index contributed by atoms with van der Waals surface area (Å²) in [5.74, 6) is 0.323. The maximum absolute atomic E-state index is 13.1. The number of amides is 3. The number of alkyl halides is 1. The molecule has 3 amide bonds. The molecule has 9 heteroatoms. The number of hydrogen-bond donors (Lipinski definition) is 2. The summed E-state index contributed by atoms with van der Waals surface area (Å²) < 4.78 is 11.5. The second kappa shape index (κ2) is 10.5. The fraction of sp³-hybridized carbons (Fsp3) is 0.192. The molecule has 2 N–H and O–H groups in total. The van der Waals surface area contributed by atoms with Crippen LogP contribution < -0.4 is 20.2 Å². The molecule has 2 unspecified atom stereocenters. The number of carbonyl (C=O) groups excluding carboxylic acids is 3. The van der Waals surface area contributed by atoms with Crippen molar-refractivity contribution in [1.29, 1.82) is 0 Å². The molecule has 4 rings (SSSR count). The summed E-state index contributed by atoms with van der Waals surface area (Å²) in [6, 6.07) is 20.6. The average Bonchev–Trinajstić information content (AvgIpc) is 2.84. The zero-order chi connectivity index (χ0) is 24.9. The molecule has 0 aromatic heterocycles. The normalized spacial score (nSPS) is 16.8. The Labute approximate surface area is 207 Å². The van der Waals surface area contributed by atoms with Crippen LogP contribution in [0.25, 0.3) is 0 Å². The van der Waals surface area contributed by atoms with Crippen LogP contribution in [-0.2, 0) is 9.59 Å². The second-order valence-electron chi connectivity index (χ2n) is 7.81. The van der Waals surface area contributed by atoms with Gasteiger partial charge in [0.1, 0.15) is 28.7 Å². The smallest absolute Gasteiger partial charge is 0.273 e. The molecule has 1 aliphatic heterocycles. The molecule has 1 fully saturated rings. The van der Waals surface area contributed by atoms with Crippen molar-refractivity contribution in [3.63, 3.8) is 0 Å². The summed E-state index contributed by atoms with van der Waals surface area (Å²) >= 11 is 6.34. The number of nitrogens with zero attached hydrogens (tertiary/aromatic N) is 1. The van der Waals surface area contributed by atoms with E-state index in [-0.39, 0.29) is 17.2 Å². The van der Waals surface area contributed by atoms with E-state index in [1.165, 1.54) is 18.0 Å². The SMILES string of the molecule is CCOc1cc(NC(C)=O)ccc1C(=O)NN1C(=O)C(Cl)C1c1cccc(Oc2ccccc2)c1. The summed E-state index contributed by atoms with van der Waals surface area (Å²) in [5, 5.41) is 3.02. The predicted molar refractivity (Wildman–Crippen MR) is 132 cm³/mol. The molecular formula is C26H24ClN3O5. The Bertz CT molecular complexity index is 1250. The van der Waals surface area contributed by atoms with Gasteiger partial charge in [0, 0.05) is 18.7 Å². The molecule has 180 valence electrons. The van der Waals surface area contributed by atoms with Gasteiger partial charge in [0.05, 0.1) is 12.2 Å². The molecule has 3 aromatic rings. The Morgan fingerprint density at radius 3 is 2.46 bits per heavy atom. The molecule has 3 aromatic carbocycles. The number of hydrogen-bond acceptors (Lipinski definition) is 5. The highest BCUT2D eigenvalue weighted by atomic mass is 35.5. The van der Waals surface area contributed by atoms with Gasteiger partial charge in [-0.25, -0.2) is 5.01 Å². The van der Waals surface area contributed by atoms with E-state index < -0.39 is 23.2 Å². The number of benzene rings is 3. The van der Waals surface area contributed by atoms with Crippen molar-refractivity contribution in [2.24, 2.45) is 0 Å². The van der Waals surface area contributed by atoms with Crippen molar-refractivity contribution >= 4 is 35.0 Å². The number of rotatable bonds is 8. The van der Waals surface area contributed by atoms with Gasteiger partial charge in [-0.3, -0.25) is 19.8 Å². The van der Waals surface area contributed by atoms with Gasteiger partial charge in [0.25, 0.3) is 11.8 Å². The van der Waals surface area contributed by atoms with Crippen molar-refractivity contribution in [3.8, 4) is 17.2 Å². The lowest BCUT2D eigenvalue weighted by atomic mass is 9.95. The zero-order valence-electron chi connectivity index (χ0n) is 19.2. The summed E-state index contributed by atoms with van der Waals surface area (Å²) in [4.78, 5) is 37.0. The van der Waals surface area contributed by atoms with Crippen LogP contribution in [0, 0.1) is 0 Å².